The maximum atomic E-state index is 13.3. The average molecular weight is 292 g/mol. The van der Waals surface area contributed by atoms with Crippen molar-refractivity contribution < 1.29 is 4.39 Å². The third-order valence-corrected chi connectivity index (χ3v) is 4.15. The van der Waals surface area contributed by atoms with Crippen molar-refractivity contribution in [2.24, 2.45) is 0 Å². The molecule has 1 unspecified atom stereocenters. The molecule has 1 aliphatic heterocycles. The molecule has 0 bridgehead atoms. The molecule has 1 atom stereocenters. The fourth-order valence-electron chi connectivity index (χ4n) is 2.70. The van der Waals surface area contributed by atoms with E-state index in [1.165, 1.54) is 24.9 Å². The van der Waals surface area contributed by atoms with Crippen molar-refractivity contribution in [3.63, 3.8) is 0 Å². The van der Waals surface area contributed by atoms with Crippen molar-refractivity contribution in [1.82, 2.24) is 14.7 Å². The van der Waals surface area contributed by atoms with E-state index in [4.69, 9.17) is 0 Å². The quantitative estimate of drug-likeness (QED) is 0.881. The van der Waals surface area contributed by atoms with Gasteiger partial charge in [0.05, 0.1) is 5.52 Å². The Kier molecular flexibility index (Phi) is 4.03. The molecule has 106 valence electrons. The molecule has 0 amide bonds. The number of anilines is 1. The van der Waals surface area contributed by atoms with Gasteiger partial charge < -0.3 is 4.90 Å². The average Bonchev–Trinajstić information content (AvgIpc) is 2.47. The first-order chi connectivity index (χ1) is 9.78. The highest BCUT2D eigenvalue weighted by Gasteiger charge is 2.22. The molecule has 1 aromatic carbocycles. The summed E-state index contributed by atoms with van der Waals surface area (Å²) >= 11 is 1.65. The lowest BCUT2D eigenvalue weighted by Crippen LogP contribution is -2.44. The van der Waals surface area contributed by atoms with Crippen molar-refractivity contribution in [2.75, 3.05) is 24.2 Å². The van der Waals surface area contributed by atoms with Crippen LogP contribution in [0.15, 0.2) is 24.5 Å². The molecule has 1 aromatic heterocycles. The number of aromatic nitrogens is 2. The lowest BCUT2D eigenvalue weighted by molar-refractivity contribution is 0.483. The summed E-state index contributed by atoms with van der Waals surface area (Å²) in [7, 11) is 0. The summed E-state index contributed by atoms with van der Waals surface area (Å²) in [6, 6.07) is 5.16. The van der Waals surface area contributed by atoms with E-state index in [0.29, 0.717) is 11.6 Å². The maximum absolute atomic E-state index is 13.3. The van der Waals surface area contributed by atoms with Crippen LogP contribution in [0.1, 0.15) is 12.8 Å². The summed E-state index contributed by atoms with van der Waals surface area (Å²) in [5.41, 5.74) is 0.662. The van der Waals surface area contributed by atoms with Crippen LogP contribution in [0.3, 0.4) is 0 Å². The molecule has 0 aliphatic carbocycles. The van der Waals surface area contributed by atoms with E-state index >= 15 is 0 Å². The van der Waals surface area contributed by atoms with Crippen molar-refractivity contribution in [2.45, 2.75) is 18.9 Å². The molecule has 1 N–H and O–H groups in total. The molecule has 20 heavy (non-hydrogen) atoms. The molecule has 1 aliphatic rings. The highest BCUT2D eigenvalue weighted by atomic mass is 32.2. The second-order valence-electron chi connectivity index (χ2n) is 4.97. The first-order valence-corrected chi connectivity index (χ1v) is 7.94. The highest BCUT2D eigenvalue weighted by molar-refractivity contribution is 7.96. The number of halogens is 1. The van der Waals surface area contributed by atoms with Gasteiger partial charge in [-0.25, -0.2) is 14.4 Å². The Balaban J connectivity index is 1.93. The van der Waals surface area contributed by atoms with Crippen molar-refractivity contribution in [3.8, 4) is 0 Å². The maximum Gasteiger partial charge on any atom is 0.139 e. The monoisotopic (exact) mass is 292 g/mol. The zero-order valence-electron chi connectivity index (χ0n) is 11.3. The lowest BCUT2D eigenvalue weighted by Gasteiger charge is -2.34. The van der Waals surface area contributed by atoms with E-state index in [1.807, 2.05) is 6.26 Å². The van der Waals surface area contributed by atoms with Crippen LogP contribution >= 0.6 is 11.9 Å². The second-order valence-corrected chi connectivity index (χ2v) is 5.61. The summed E-state index contributed by atoms with van der Waals surface area (Å²) in [6.07, 6.45) is 5.87. The Labute approximate surface area is 121 Å². The molecule has 0 saturated carbocycles. The normalized spacial score (nSPS) is 19.5. The Bertz CT molecular complexity index is 605. The topological polar surface area (TPSA) is 41.0 Å². The SMILES string of the molecule is CSNC1CCCN(c2ncnc3cc(F)ccc23)C1. The molecule has 0 radical (unpaired) electrons. The van der Waals surface area contributed by atoms with Gasteiger partial charge in [-0.3, -0.25) is 4.72 Å². The molecule has 3 rings (SSSR count). The fraction of sp³-hybridized carbons (Fsp3) is 0.429. The van der Waals surface area contributed by atoms with Crippen LogP contribution in [-0.2, 0) is 0 Å². The van der Waals surface area contributed by atoms with Gasteiger partial charge in [-0.1, -0.05) is 11.9 Å². The van der Waals surface area contributed by atoms with Crippen LogP contribution in [0.5, 0.6) is 0 Å². The smallest absolute Gasteiger partial charge is 0.139 e. The van der Waals surface area contributed by atoms with Crippen molar-refractivity contribution >= 4 is 28.7 Å². The van der Waals surface area contributed by atoms with Gasteiger partial charge in [0.1, 0.15) is 18.0 Å². The van der Waals surface area contributed by atoms with Gasteiger partial charge in [0, 0.05) is 30.6 Å². The molecular weight excluding hydrogens is 275 g/mol. The highest BCUT2D eigenvalue weighted by Crippen LogP contribution is 2.26. The molecule has 6 heteroatoms. The van der Waals surface area contributed by atoms with Crippen LogP contribution in [0.25, 0.3) is 10.9 Å². The molecule has 2 heterocycles. The predicted molar refractivity (Wildman–Crippen MR) is 81.4 cm³/mol. The molecule has 4 nitrogen and oxygen atoms in total. The van der Waals surface area contributed by atoms with Gasteiger partial charge in [-0.15, -0.1) is 0 Å². The zero-order chi connectivity index (χ0) is 13.9. The van der Waals surface area contributed by atoms with Gasteiger partial charge >= 0.3 is 0 Å². The number of hydrogen-bond acceptors (Lipinski definition) is 5. The summed E-state index contributed by atoms with van der Waals surface area (Å²) in [4.78, 5) is 10.8. The Morgan fingerprint density at radius 2 is 2.30 bits per heavy atom. The van der Waals surface area contributed by atoms with Gasteiger partial charge in [0.2, 0.25) is 0 Å². The molecule has 0 spiro atoms. The largest absolute Gasteiger partial charge is 0.354 e. The predicted octanol–water partition coefficient (Wildman–Crippen LogP) is 2.61. The fourth-order valence-corrected chi connectivity index (χ4v) is 3.23. The minimum Gasteiger partial charge on any atom is -0.354 e. The van der Waals surface area contributed by atoms with E-state index in [1.54, 1.807) is 18.0 Å². The van der Waals surface area contributed by atoms with E-state index < -0.39 is 0 Å². The summed E-state index contributed by atoms with van der Waals surface area (Å²) in [6.45, 7) is 1.90. The zero-order valence-corrected chi connectivity index (χ0v) is 12.2. The number of benzene rings is 1. The van der Waals surface area contributed by atoms with Gasteiger partial charge in [0.25, 0.3) is 0 Å². The van der Waals surface area contributed by atoms with E-state index in [2.05, 4.69) is 19.6 Å². The molecule has 1 saturated heterocycles. The van der Waals surface area contributed by atoms with Crippen molar-refractivity contribution in [3.05, 3.63) is 30.3 Å². The third-order valence-electron chi connectivity index (χ3n) is 3.58. The number of rotatable bonds is 3. The number of nitrogens with one attached hydrogen (secondary N) is 1. The first kappa shape index (κ1) is 13.6. The number of hydrogen-bond donors (Lipinski definition) is 1. The Hall–Kier alpha value is -1.40. The first-order valence-electron chi connectivity index (χ1n) is 6.71. The molecular formula is C14H17FN4S. The van der Waals surface area contributed by atoms with Crippen LogP contribution in [-0.4, -0.2) is 35.4 Å². The van der Waals surface area contributed by atoms with Crippen LogP contribution in [0, 0.1) is 5.82 Å². The number of piperidine rings is 1. The number of nitrogens with zero attached hydrogens (tertiary/aromatic N) is 3. The third kappa shape index (κ3) is 2.71. The molecule has 2 aromatic rings. The Morgan fingerprint density at radius 3 is 3.15 bits per heavy atom. The van der Waals surface area contributed by atoms with E-state index in [-0.39, 0.29) is 5.82 Å². The van der Waals surface area contributed by atoms with E-state index in [9.17, 15) is 4.39 Å². The van der Waals surface area contributed by atoms with Gasteiger partial charge in [-0.2, -0.15) is 0 Å². The van der Waals surface area contributed by atoms with Crippen LogP contribution < -0.4 is 9.62 Å². The van der Waals surface area contributed by atoms with Crippen molar-refractivity contribution in [1.29, 1.82) is 0 Å². The summed E-state index contributed by atoms with van der Waals surface area (Å²) in [5.74, 6) is 0.644. The standard InChI is InChI=1S/C14H17FN4S/c1-20-18-11-3-2-6-19(8-11)14-12-5-4-10(15)7-13(12)16-9-17-14/h4-5,7,9,11,18H,2-3,6,8H2,1H3. The van der Waals surface area contributed by atoms with Crippen LogP contribution in [0.2, 0.25) is 0 Å². The van der Waals surface area contributed by atoms with E-state index in [0.717, 1.165) is 30.7 Å². The minimum atomic E-state index is -0.261. The minimum absolute atomic E-state index is 0.261. The second kappa shape index (κ2) is 5.93. The van der Waals surface area contributed by atoms with Crippen LogP contribution in [0.4, 0.5) is 10.2 Å². The number of fused-ring (bicyclic) bond motifs is 1. The van der Waals surface area contributed by atoms with Gasteiger partial charge in [0.15, 0.2) is 0 Å². The van der Waals surface area contributed by atoms with Gasteiger partial charge in [-0.05, 0) is 31.2 Å². The summed E-state index contributed by atoms with van der Waals surface area (Å²) < 4.78 is 16.7. The molecule has 1 fully saturated rings. The Morgan fingerprint density at radius 1 is 1.40 bits per heavy atom. The summed E-state index contributed by atoms with van der Waals surface area (Å²) in [5, 5.41) is 0.915. The lowest BCUT2D eigenvalue weighted by atomic mass is 10.1.